The number of alkyl halides is 1. The molecule has 1 aliphatic carbocycles. The fraction of sp³-hybridized carbons (Fsp3) is 0.440. The Kier molecular flexibility index (Phi) is 11.1. The SMILES string of the molecule is COCCCC#Cc1ccc2c(c1)C(N(C)CCl)CCC2C.Clc1ccccc1Cl. The standard InChI is InChI=1S/C19H26ClNO.C6H4Cl2/c1-15-8-11-19(21(2)14-20)18-13-16(9-10-17(15)18)7-5-4-6-12-22-3;7-5-3-1-2-4-6(5)8/h9-10,13,15,19H,4,6,8,11-12,14H2,1-3H3;1-4H. The maximum Gasteiger partial charge on any atom is 0.0740 e. The second-order valence-electron chi connectivity index (χ2n) is 7.53. The lowest BCUT2D eigenvalue weighted by atomic mass is 9.80. The molecule has 0 bridgehead atoms. The number of fused-ring (bicyclic) bond motifs is 1. The van der Waals surface area contributed by atoms with Gasteiger partial charge in [0.05, 0.1) is 16.0 Å². The molecule has 30 heavy (non-hydrogen) atoms. The number of unbranched alkanes of at least 4 members (excludes halogenated alkanes) is 1. The summed E-state index contributed by atoms with van der Waals surface area (Å²) in [6, 6.07) is 14.8. The minimum absolute atomic E-state index is 0.416. The van der Waals surface area contributed by atoms with Gasteiger partial charge in [-0.05, 0) is 67.6 Å². The Morgan fingerprint density at radius 1 is 1.07 bits per heavy atom. The zero-order valence-electron chi connectivity index (χ0n) is 17.9. The Bertz CT molecular complexity index is 838. The topological polar surface area (TPSA) is 12.5 Å². The highest BCUT2D eigenvalue weighted by molar-refractivity contribution is 6.41. The summed E-state index contributed by atoms with van der Waals surface area (Å²) in [5.41, 5.74) is 3.97. The van der Waals surface area contributed by atoms with E-state index in [2.05, 4.69) is 48.9 Å². The molecule has 0 radical (unpaired) electrons. The minimum atomic E-state index is 0.416. The molecule has 0 fully saturated rings. The fourth-order valence-electron chi connectivity index (χ4n) is 3.56. The van der Waals surface area contributed by atoms with Gasteiger partial charge >= 0.3 is 0 Å². The molecule has 2 aromatic rings. The number of methoxy groups -OCH3 is 1. The Hall–Kier alpha value is -1.21. The van der Waals surface area contributed by atoms with E-state index < -0.39 is 0 Å². The normalized spacial score (nSPS) is 17.4. The molecule has 2 unspecified atom stereocenters. The van der Waals surface area contributed by atoms with Gasteiger partial charge in [-0.3, -0.25) is 4.90 Å². The Labute approximate surface area is 196 Å². The maximum absolute atomic E-state index is 6.05. The van der Waals surface area contributed by atoms with E-state index in [-0.39, 0.29) is 0 Å². The first-order valence-electron chi connectivity index (χ1n) is 10.3. The molecule has 0 saturated carbocycles. The number of nitrogens with zero attached hydrogens (tertiary/aromatic N) is 1. The van der Waals surface area contributed by atoms with Crippen LogP contribution >= 0.6 is 34.8 Å². The van der Waals surface area contributed by atoms with Crippen molar-refractivity contribution in [1.29, 1.82) is 0 Å². The van der Waals surface area contributed by atoms with Crippen LogP contribution in [0.2, 0.25) is 10.0 Å². The van der Waals surface area contributed by atoms with Crippen molar-refractivity contribution in [3.8, 4) is 11.8 Å². The van der Waals surface area contributed by atoms with Crippen LogP contribution in [-0.2, 0) is 4.74 Å². The van der Waals surface area contributed by atoms with Crippen molar-refractivity contribution in [2.75, 3.05) is 26.8 Å². The van der Waals surface area contributed by atoms with Crippen LogP contribution in [0.3, 0.4) is 0 Å². The van der Waals surface area contributed by atoms with Crippen molar-refractivity contribution in [2.24, 2.45) is 0 Å². The molecular formula is C25H30Cl3NO. The Morgan fingerprint density at radius 3 is 2.37 bits per heavy atom. The smallest absolute Gasteiger partial charge is 0.0740 e. The van der Waals surface area contributed by atoms with Gasteiger partial charge in [0.25, 0.3) is 0 Å². The third kappa shape index (κ3) is 7.49. The maximum atomic E-state index is 6.05. The molecule has 2 atom stereocenters. The molecular weight excluding hydrogens is 437 g/mol. The van der Waals surface area contributed by atoms with Crippen molar-refractivity contribution >= 4 is 34.8 Å². The van der Waals surface area contributed by atoms with Crippen LogP contribution in [0.1, 0.15) is 61.3 Å². The number of rotatable bonds is 5. The number of hydrogen-bond acceptors (Lipinski definition) is 2. The largest absolute Gasteiger partial charge is 0.385 e. The van der Waals surface area contributed by atoms with Crippen LogP contribution in [0.25, 0.3) is 0 Å². The molecule has 0 saturated heterocycles. The van der Waals surface area contributed by atoms with E-state index in [1.54, 1.807) is 19.2 Å². The molecule has 0 spiro atoms. The summed E-state index contributed by atoms with van der Waals surface area (Å²) in [6.07, 6.45) is 4.26. The summed E-state index contributed by atoms with van der Waals surface area (Å²) in [5, 5.41) is 1.21. The van der Waals surface area contributed by atoms with Gasteiger partial charge in [0.2, 0.25) is 0 Å². The first-order chi connectivity index (χ1) is 14.5. The van der Waals surface area contributed by atoms with Crippen LogP contribution in [0.4, 0.5) is 0 Å². The minimum Gasteiger partial charge on any atom is -0.385 e. The molecule has 5 heteroatoms. The summed E-state index contributed by atoms with van der Waals surface area (Å²) >= 11 is 17.2. The predicted octanol–water partition coefficient (Wildman–Crippen LogP) is 7.52. The predicted molar refractivity (Wildman–Crippen MR) is 130 cm³/mol. The van der Waals surface area contributed by atoms with Crippen molar-refractivity contribution < 1.29 is 4.74 Å². The molecule has 0 aromatic heterocycles. The van der Waals surface area contributed by atoms with E-state index in [0.717, 1.165) is 25.0 Å². The first-order valence-corrected chi connectivity index (χ1v) is 11.5. The fourth-order valence-corrected chi connectivity index (χ4v) is 4.00. The Balaban J connectivity index is 0.000000335. The van der Waals surface area contributed by atoms with Crippen LogP contribution < -0.4 is 0 Å². The summed E-state index contributed by atoms with van der Waals surface area (Å²) in [4.78, 5) is 2.22. The summed E-state index contributed by atoms with van der Waals surface area (Å²) < 4.78 is 5.05. The summed E-state index contributed by atoms with van der Waals surface area (Å²) in [7, 11) is 3.83. The molecule has 1 aliphatic rings. The third-order valence-corrected chi connectivity index (χ3v) is 6.41. The quantitative estimate of drug-likeness (QED) is 0.195. The number of halogens is 3. The van der Waals surface area contributed by atoms with E-state index in [1.165, 1.54) is 24.0 Å². The van der Waals surface area contributed by atoms with Crippen LogP contribution in [0.5, 0.6) is 0 Å². The van der Waals surface area contributed by atoms with Gasteiger partial charge in [0, 0.05) is 31.7 Å². The molecule has 2 aromatic carbocycles. The average molecular weight is 467 g/mol. The second-order valence-corrected chi connectivity index (χ2v) is 8.58. The van der Waals surface area contributed by atoms with Gasteiger partial charge in [-0.15, -0.1) is 11.6 Å². The molecule has 0 heterocycles. The molecule has 0 aliphatic heterocycles. The van der Waals surface area contributed by atoms with Gasteiger partial charge < -0.3 is 4.74 Å². The van der Waals surface area contributed by atoms with Crippen molar-refractivity contribution in [3.05, 3.63) is 69.2 Å². The molecule has 162 valence electrons. The Morgan fingerprint density at radius 2 is 1.77 bits per heavy atom. The number of hydrogen-bond donors (Lipinski definition) is 0. The van der Waals surface area contributed by atoms with Gasteiger partial charge in [-0.25, -0.2) is 0 Å². The lowest BCUT2D eigenvalue weighted by Crippen LogP contribution is -2.27. The highest BCUT2D eigenvalue weighted by Gasteiger charge is 2.27. The van der Waals surface area contributed by atoms with Crippen molar-refractivity contribution in [1.82, 2.24) is 4.90 Å². The zero-order valence-corrected chi connectivity index (χ0v) is 20.2. The van der Waals surface area contributed by atoms with E-state index >= 15 is 0 Å². The van der Waals surface area contributed by atoms with Crippen LogP contribution in [0, 0.1) is 11.8 Å². The van der Waals surface area contributed by atoms with Crippen LogP contribution in [0.15, 0.2) is 42.5 Å². The van der Waals surface area contributed by atoms with Gasteiger partial charge in [-0.1, -0.05) is 60.2 Å². The second kappa shape index (κ2) is 13.3. The molecule has 2 nitrogen and oxygen atoms in total. The highest BCUT2D eigenvalue weighted by Crippen LogP contribution is 2.40. The van der Waals surface area contributed by atoms with Crippen LogP contribution in [-0.4, -0.2) is 31.7 Å². The summed E-state index contributed by atoms with van der Waals surface area (Å²) in [6.45, 7) is 3.09. The van der Waals surface area contributed by atoms with Gasteiger partial charge in [-0.2, -0.15) is 0 Å². The number of ether oxygens (including phenoxy) is 1. The van der Waals surface area contributed by atoms with E-state index in [0.29, 0.717) is 28.0 Å². The summed E-state index contributed by atoms with van der Waals surface area (Å²) in [5.74, 6) is 7.16. The third-order valence-electron chi connectivity index (χ3n) is 5.28. The highest BCUT2D eigenvalue weighted by atomic mass is 35.5. The lowest BCUT2D eigenvalue weighted by molar-refractivity contribution is 0.196. The van der Waals surface area contributed by atoms with Crippen molar-refractivity contribution in [3.63, 3.8) is 0 Å². The van der Waals surface area contributed by atoms with Gasteiger partial charge in [0.15, 0.2) is 0 Å². The molecule has 0 amide bonds. The zero-order chi connectivity index (χ0) is 21.9. The molecule has 3 rings (SSSR count). The van der Waals surface area contributed by atoms with Gasteiger partial charge in [0.1, 0.15) is 0 Å². The monoisotopic (exact) mass is 465 g/mol. The average Bonchev–Trinajstić information content (AvgIpc) is 2.76. The lowest BCUT2D eigenvalue weighted by Gasteiger charge is -2.35. The van der Waals surface area contributed by atoms with Crippen molar-refractivity contribution in [2.45, 2.75) is 44.6 Å². The van der Waals surface area contributed by atoms with E-state index in [4.69, 9.17) is 39.5 Å². The molecule has 0 N–H and O–H groups in total. The first kappa shape index (κ1) is 25.1. The van der Waals surface area contributed by atoms with E-state index in [1.807, 2.05) is 12.1 Å². The van der Waals surface area contributed by atoms with E-state index in [9.17, 15) is 0 Å². The number of benzene rings is 2.